The summed E-state index contributed by atoms with van der Waals surface area (Å²) < 4.78 is 7.19. The second-order valence-corrected chi connectivity index (χ2v) is 3.31. The highest BCUT2D eigenvalue weighted by Crippen LogP contribution is 2.07. The predicted octanol–water partition coefficient (Wildman–Crippen LogP) is 0.940. The van der Waals surface area contributed by atoms with Gasteiger partial charge in [0.15, 0.2) is 5.76 Å². The Hall–Kier alpha value is -1.62. The molecule has 0 aliphatic carbocycles. The van der Waals surface area contributed by atoms with Gasteiger partial charge in [-0.2, -0.15) is 0 Å². The largest absolute Gasteiger partial charge is 0.359 e. The van der Waals surface area contributed by atoms with E-state index in [1.165, 1.54) is 0 Å². The summed E-state index contributed by atoms with van der Waals surface area (Å²) in [6.07, 6.45) is 4.63. The Morgan fingerprint density at radius 3 is 3.07 bits per heavy atom. The Labute approximate surface area is 87.9 Å². The van der Waals surface area contributed by atoms with Gasteiger partial charge >= 0.3 is 0 Å². The zero-order valence-electron chi connectivity index (χ0n) is 8.68. The van der Waals surface area contributed by atoms with E-state index in [0.717, 1.165) is 23.7 Å². The Morgan fingerprint density at radius 2 is 2.40 bits per heavy atom. The van der Waals surface area contributed by atoms with E-state index in [4.69, 9.17) is 10.3 Å². The van der Waals surface area contributed by atoms with Gasteiger partial charge in [-0.1, -0.05) is 12.1 Å². The number of imidazole rings is 1. The first-order chi connectivity index (χ1) is 7.33. The van der Waals surface area contributed by atoms with E-state index in [0.29, 0.717) is 13.1 Å². The fourth-order valence-corrected chi connectivity index (χ4v) is 1.49. The molecule has 0 amide bonds. The Morgan fingerprint density at radius 1 is 1.53 bits per heavy atom. The average molecular weight is 206 g/mol. The first-order valence-corrected chi connectivity index (χ1v) is 4.98. The SMILES string of the molecule is CCc1nccn1Cc1cc(CN)no1. The number of rotatable bonds is 4. The van der Waals surface area contributed by atoms with E-state index in [2.05, 4.69) is 17.1 Å². The van der Waals surface area contributed by atoms with Crippen molar-refractivity contribution in [2.24, 2.45) is 5.73 Å². The minimum absolute atomic E-state index is 0.411. The van der Waals surface area contributed by atoms with Crippen LogP contribution in [0.15, 0.2) is 23.0 Å². The Balaban J connectivity index is 2.14. The van der Waals surface area contributed by atoms with Crippen LogP contribution >= 0.6 is 0 Å². The molecule has 0 aliphatic heterocycles. The molecule has 0 aromatic carbocycles. The predicted molar refractivity (Wildman–Crippen MR) is 55.1 cm³/mol. The number of nitrogens with zero attached hydrogens (tertiary/aromatic N) is 3. The van der Waals surface area contributed by atoms with E-state index in [1.807, 2.05) is 16.8 Å². The van der Waals surface area contributed by atoms with Gasteiger partial charge in [0.2, 0.25) is 0 Å². The van der Waals surface area contributed by atoms with E-state index in [1.54, 1.807) is 6.20 Å². The van der Waals surface area contributed by atoms with Crippen molar-refractivity contribution in [3.63, 3.8) is 0 Å². The quantitative estimate of drug-likeness (QED) is 0.808. The fourth-order valence-electron chi connectivity index (χ4n) is 1.49. The van der Waals surface area contributed by atoms with Crippen molar-refractivity contribution in [2.75, 3.05) is 0 Å². The second kappa shape index (κ2) is 4.27. The maximum absolute atomic E-state index is 5.45. The molecule has 2 N–H and O–H groups in total. The van der Waals surface area contributed by atoms with Gasteiger partial charge in [-0.15, -0.1) is 0 Å². The molecule has 0 atom stereocenters. The van der Waals surface area contributed by atoms with Crippen molar-refractivity contribution in [1.82, 2.24) is 14.7 Å². The normalized spacial score (nSPS) is 10.8. The molecule has 0 saturated heterocycles. The summed E-state index contributed by atoms with van der Waals surface area (Å²) in [6.45, 7) is 3.15. The monoisotopic (exact) mass is 206 g/mol. The summed E-state index contributed by atoms with van der Waals surface area (Å²) in [4.78, 5) is 4.23. The summed E-state index contributed by atoms with van der Waals surface area (Å²) >= 11 is 0. The summed E-state index contributed by atoms with van der Waals surface area (Å²) in [6, 6.07) is 1.87. The molecule has 80 valence electrons. The van der Waals surface area contributed by atoms with Crippen molar-refractivity contribution < 1.29 is 4.52 Å². The molecule has 0 aliphatic rings. The first kappa shape index (κ1) is 9.92. The van der Waals surface area contributed by atoms with Crippen LogP contribution in [0.5, 0.6) is 0 Å². The zero-order chi connectivity index (χ0) is 10.7. The van der Waals surface area contributed by atoms with E-state index in [9.17, 15) is 0 Å². The molecule has 0 spiro atoms. The van der Waals surface area contributed by atoms with Crippen LogP contribution in [0.25, 0.3) is 0 Å². The van der Waals surface area contributed by atoms with E-state index >= 15 is 0 Å². The highest BCUT2D eigenvalue weighted by Gasteiger charge is 2.06. The molecular weight excluding hydrogens is 192 g/mol. The molecule has 15 heavy (non-hydrogen) atoms. The van der Waals surface area contributed by atoms with E-state index in [-0.39, 0.29) is 0 Å². The second-order valence-electron chi connectivity index (χ2n) is 3.31. The molecule has 5 heteroatoms. The van der Waals surface area contributed by atoms with Crippen LogP contribution in [0.2, 0.25) is 0 Å². The van der Waals surface area contributed by atoms with Gasteiger partial charge < -0.3 is 14.8 Å². The van der Waals surface area contributed by atoms with Crippen LogP contribution in [0.1, 0.15) is 24.2 Å². The molecule has 0 saturated carbocycles. The van der Waals surface area contributed by atoms with Crippen LogP contribution in [0, 0.1) is 0 Å². The van der Waals surface area contributed by atoms with Gasteiger partial charge in [0.05, 0.1) is 12.2 Å². The average Bonchev–Trinajstić information content (AvgIpc) is 2.87. The molecule has 0 fully saturated rings. The topological polar surface area (TPSA) is 69.9 Å². The lowest BCUT2D eigenvalue weighted by molar-refractivity contribution is 0.369. The van der Waals surface area contributed by atoms with Gasteiger partial charge in [0.1, 0.15) is 5.82 Å². The van der Waals surface area contributed by atoms with Crippen LogP contribution < -0.4 is 5.73 Å². The fraction of sp³-hybridized carbons (Fsp3) is 0.400. The molecule has 5 nitrogen and oxygen atoms in total. The Bertz CT molecular complexity index is 432. The van der Waals surface area contributed by atoms with Gasteiger partial charge in [-0.25, -0.2) is 4.98 Å². The molecule has 0 bridgehead atoms. The molecule has 0 unspecified atom stereocenters. The van der Waals surface area contributed by atoms with Crippen molar-refractivity contribution in [1.29, 1.82) is 0 Å². The summed E-state index contributed by atoms with van der Waals surface area (Å²) in [5.41, 5.74) is 6.23. The van der Waals surface area contributed by atoms with Crippen LogP contribution in [-0.2, 0) is 19.5 Å². The van der Waals surface area contributed by atoms with Crippen molar-refractivity contribution in [2.45, 2.75) is 26.4 Å². The number of aromatic nitrogens is 3. The van der Waals surface area contributed by atoms with Crippen LogP contribution in [0.3, 0.4) is 0 Å². The number of nitrogens with two attached hydrogens (primary N) is 1. The molecule has 2 heterocycles. The lowest BCUT2D eigenvalue weighted by Gasteiger charge is -2.01. The van der Waals surface area contributed by atoms with E-state index < -0.39 is 0 Å². The third kappa shape index (κ3) is 2.07. The highest BCUT2D eigenvalue weighted by atomic mass is 16.5. The minimum Gasteiger partial charge on any atom is -0.359 e. The van der Waals surface area contributed by atoms with Crippen molar-refractivity contribution in [3.05, 3.63) is 35.7 Å². The number of aryl methyl sites for hydroxylation is 1. The van der Waals surface area contributed by atoms with Crippen LogP contribution in [0.4, 0.5) is 0 Å². The molecule has 2 aromatic heterocycles. The molecule has 2 rings (SSSR count). The standard InChI is InChI=1S/C10H14N4O/c1-2-10-12-3-4-14(10)7-9-5-8(6-11)13-15-9/h3-5H,2,6-7,11H2,1H3. The number of hydrogen-bond acceptors (Lipinski definition) is 4. The Kier molecular flexibility index (Phi) is 2.82. The maximum atomic E-state index is 5.45. The summed E-state index contributed by atoms with van der Waals surface area (Å²) in [5.74, 6) is 1.85. The van der Waals surface area contributed by atoms with Crippen molar-refractivity contribution >= 4 is 0 Å². The third-order valence-corrected chi connectivity index (χ3v) is 2.26. The summed E-state index contributed by atoms with van der Waals surface area (Å²) in [5, 5.41) is 3.84. The van der Waals surface area contributed by atoms with Crippen LogP contribution in [-0.4, -0.2) is 14.7 Å². The number of hydrogen-bond donors (Lipinski definition) is 1. The maximum Gasteiger partial charge on any atom is 0.156 e. The smallest absolute Gasteiger partial charge is 0.156 e. The first-order valence-electron chi connectivity index (χ1n) is 4.98. The highest BCUT2D eigenvalue weighted by molar-refractivity contribution is 5.06. The lowest BCUT2D eigenvalue weighted by Crippen LogP contribution is -2.02. The molecular formula is C10H14N4O. The summed E-state index contributed by atoms with van der Waals surface area (Å²) in [7, 11) is 0. The third-order valence-electron chi connectivity index (χ3n) is 2.26. The molecule has 0 radical (unpaired) electrons. The van der Waals surface area contributed by atoms with Crippen molar-refractivity contribution in [3.8, 4) is 0 Å². The minimum atomic E-state index is 0.411. The molecule has 2 aromatic rings. The zero-order valence-corrected chi connectivity index (χ0v) is 8.68. The van der Waals surface area contributed by atoms with Gasteiger partial charge in [-0.05, 0) is 0 Å². The van der Waals surface area contributed by atoms with Gasteiger partial charge in [0, 0.05) is 31.4 Å². The van der Waals surface area contributed by atoms with Gasteiger partial charge in [-0.3, -0.25) is 0 Å². The lowest BCUT2D eigenvalue weighted by atomic mass is 10.3. The van der Waals surface area contributed by atoms with Gasteiger partial charge in [0.25, 0.3) is 0 Å².